The van der Waals surface area contributed by atoms with Gasteiger partial charge in [0.05, 0.1) is 23.7 Å². The van der Waals surface area contributed by atoms with Crippen molar-refractivity contribution < 1.29 is 18.3 Å². The van der Waals surface area contributed by atoms with Crippen LogP contribution in [0.4, 0.5) is 11.4 Å². The molecule has 98 valence electrons. The summed E-state index contributed by atoms with van der Waals surface area (Å²) in [7, 11) is -3.15. The van der Waals surface area contributed by atoms with Gasteiger partial charge in [-0.05, 0) is 24.3 Å². The van der Waals surface area contributed by atoms with Crippen molar-refractivity contribution in [1.29, 1.82) is 0 Å². The zero-order valence-corrected chi connectivity index (χ0v) is 10.4. The van der Waals surface area contributed by atoms with E-state index in [1.54, 1.807) is 24.3 Å². The van der Waals surface area contributed by atoms with E-state index in [-0.39, 0.29) is 11.5 Å². The number of carbonyl (C=O) groups excluding carboxylic acids is 1. The van der Waals surface area contributed by atoms with Crippen molar-refractivity contribution in [1.82, 2.24) is 0 Å². The van der Waals surface area contributed by atoms with Crippen LogP contribution >= 0.6 is 0 Å². The summed E-state index contributed by atoms with van der Waals surface area (Å²) in [5.41, 5.74) is 1.35. The molecule has 1 heterocycles. The van der Waals surface area contributed by atoms with Gasteiger partial charge >= 0.3 is 0 Å². The number of amides is 1. The average Bonchev–Trinajstić information content (AvgIpc) is 2.55. The molecule has 2 rings (SSSR count). The highest BCUT2D eigenvalue weighted by atomic mass is 32.2. The van der Waals surface area contributed by atoms with Crippen LogP contribution in [0.3, 0.4) is 0 Å². The van der Waals surface area contributed by atoms with Crippen LogP contribution < -0.4 is 10.6 Å². The molecule has 1 aromatic carbocycles. The van der Waals surface area contributed by atoms with Gasteiger partial charge in [0.25, 0.3) is 0 Å². The molecule has 0 bridgehead atoms. The summed E-state index contributed by atoms with van der Waals surface area (Å²) in [6.07, 6.45) is -0.307. The molecule has 18 heavy (non-hydrogen) atoms. The lowest BCUT2D eigenvalue weighted by Gasteiger charge is -2.16. The maximum Gasteiger partial charge on any atom is 0.211 e. The quantitative estimate of drug-likeness (QED) is 0.660. The van der Waals surface area contributed by atoms with E-state index < -0.39 is 22.0 Å². The van der Waals surface area contributed by atoms with Crippen LogP contribution in [0.25, 0.3) is 0 Å². The summed E-state index contributed by atoms with van der Waals surface area (Å²) in [4.78, 5) is 10.2. The van der Waals surface area contributed by atoms with Gasteiger partial charge in [0.15, 0.2) is 9.84 Å². The van der Waals surface area contributed by atoms with Crippen molar-refractivity contribution in [3.05, 3.63) is 24.3 Å². The first kappa shape index (κ1) is 12.8. The normalized spacial score (nSPS) is 25.6. The lowest BCUT2D eigenvalue weighted by molar-refractivity contribution is -0.105. The molecule has 1 saturated heterocycles. The first-order chi connectivity index (χ1) is 8.50. The van der Waals surface area contributed by atoms with E-state index in [0.29, 0.717) is 17.8 Å². The Labute approximate surface area is 105 Å². The number of hydrogen-bond acceptors (Lipinski definition) is 5. The first-order valence-electron chi connectivity index (χ1n) is 5.45. The van der Waals surface area contributed by atoms with Gasteiger partial charge in [-0.3, -0.25) is 4.79 Å². The molecule has 1 fully saturated rings. The fourth-order valence-electron chi connectivity index (χ4n) is 1.91. The molecule has 0 aliphatic carbocycles. The van der Waals surface area contributed by atoms with Gasteiger partial charge in [0.2, 0.25) is 6.41 Å². The third-order valence-corrected chi connectivity index (χ3v) is 4.50. The van der Waals surface area contributed by atoms with E-state index in [1.807, 2.05) is 0 Å². The van der Waals surface area contributed by atoms with Crippen molar-refractivity contribution >= 4 is 27.6 Å². The first-order valence-corrected chi connectivity index (χ1v) is 7.27. The average molecular weight is 270 g/mol. The smallest absolute Gasteiger partial charge is 0.211 e. The zero-order valence-electron chi connectivity index (χ0n) is 9.54. The van der Waals surface area contributed by atoms with Gasteiger partial charge in [-0.15, -0.1) is 0 Å². The molecule has 2 atom stereocenters. The molecule has 7 heteroatoms. The third-order valence-electron chi connectivity index (χ3n) is 2.79. The van der Waals surface area contributed by atoms with Crippen LogP contribution in [0, 0.1) is 0 Å². The molecule has 3 N–H and O–H groups in total. The Balaban J connectivity index is 2.03. The van der Waals surface area contributed by atoms with Crippen LogP contribution in [0.2, 0.25) is 0 Å². The van der Waals surface area contributed by atoms with E-state index in [1.165, 1.54) is 0 Å². The summed E-state index contributed by atoms with van der Waals surface area (Å²) >= 11 is 0. The van der Waals surface area contributed by atoms with Crippen molar-refractivity contribution in [2.75, 3.05) is 22.1 Å². The Morgan fingerprint density at radius 3 is 2.28 bits per heavy atom. The minimum absolute atomic E-state index is 0.0670. The largest absolute Gasteiger partial charge is 0.390 e. The number of aliphatic hydroxyl groups excluding tert-OH is 1. The van der Waals surface area contributed by atoms with Crippen LogP contribution in [-0.2, 0) is 14.6 Å². The molecule has 1 aliphatic heterocycles. The Hall–Kier alpha value is -1.60. The second kappa shape index (κ2) is 4.95. The molecular weight excluding hydrogens is 256 g/mol. The molecule has 0 unspecified atom stereocenters. The van der Waals surface area contributed by atoms with Crippen molar-refractivity contribution in [2.24, 2.45) is 0 Å². The summed E-state index contributed by atoms with van der Waals surface area (Å²) in [6, 6.07) is 6.31. The van der Waals surface area contributed by atoms with Crippen LogP contribution in [-0.4, -0.2) is 43.6 Å². The highest BCUT2D eigenvalue weighted by molar-refractivity contribution is 7.91. The summed E-state index contributed by atoms with van der Waals surface area (Å²) in [5.74, 6) is -0.266. The van der Waals surface area contributed by atoms with Gasteiger partial charge < -0.3 is 15.7 Å². The van der Waals surface area contributed by atoms with Crippen LogP contribution in [0.5, 0.6) is 0 Å². The Morgan fingerprint density at radius 1 is 1.17 bits per heavy atom. The molecule has 1 amide bonds. The van der Waals surface area contributed by atoms with Gasteiger partial charge in [0, 0.05) is 11.4 Å². The number of anilines is 2. The minimum atomic E-state index is -3.15. The van der Waals surface area contributed by atoms with Crippen molar-refractivity contribution in [2.45, 2.75) is 12.1 Å². The number of carbonyl (C=O) groups is 1. The van der Waals surface area contributed by atoms with E-state index in [9.17, 15) is 18.3 Å². The molecule has 0 spiro atoms. The second-order valence-electron chi connectivity index (χ2n) is 4.23. The number of benzene rings is 1. The molecule has 1 aliphatic rings. The lowest BCUT2D eigenvalue weighted by Crippen LogP contribution is -2.31. The Morgan fingerprint density at radius 2 is 1.78 bits per heavy atom. The number of rotatable bonds is 4. The third kappa shape index (κ3) is 2.99. The van der Waals surface area contributed by atoms with Crippen LogP contribution in [0.1, 0.15) is 0 Å². The molecule has 6 nitrogen and oxygen atoms in total. The number of nitrogens with one attached hydrogen (secondary N) is 2. The van der Waals surface area contributed by atoms with Gasteiger partial charge in [0.1, 0.15) is 0 Å². The van der Waals surface area contributed by atoms with Gasteiger partial charge in [-0.2, -0.15) is 0 Å². The van der Waals surface area contributed by atoms with Gasteiger partial charge in [-0.25, -0.2) is 8.42 Å². The summed E-state index contributed by atoms with van der Waals surface area (Å²) in [5, 5.41) is 15.1. The van der Waals surface area contributed by atoms with E-state index >= 15 is 0 Å². The number of hydrogen-bond donors (Lipinski definition) is 3. The zero-order chi connectivity index (χ0) is 13.2. The molecule has 0 saturated carbocycles. The lowest BCUT2D eigenvalue weighted by atomic mass is 10.2. The number of sulfone groups is 1. The fraction of sp³-hybridized carbons (Fsp3) is 0.364. The predicted octanol–water partition coefficient (Wildman–Crippen LogP) is -0.175. The summed E-state index contributed by atoms with van der Waals surface area (Å²) < 4.78 is 22.7. The maximum atomic E-state index is 11.3. The van der Waals surface area contributed by atoms with Crippen molar-refractivity contribution in [3.8, 4) is 0 Å². The summed E-state index contributed by atoms with van der Waals surface area (Å²) in [6.45, 7) is 0. The van der Waals surface area contributed by atoms with Crippen LogP contribution in [0.15, 0.2) is 24.3 Å². The minimum Gasteiger partial charge on any atom is -0.390 e. The Bertz CT molecular complexity index is 526. The predicted molar refractivity (Wildman–Crippen MR) is 68.2 cm³/mol. The second-order valence-corrected chi connectivity index (χ2v) is 6.39. The number of aliphatic hydroxyl groups is 1. The molecule has 1 aromatic rings. The van der Waals surface area contributed by atoms with Crippen molar-refractivity contribution in [3.63, 3.8) is 0 Å². The molecule has 0 aromatic heterocycles. The topological polar surface area (TPSA) is 95.5 Å². The van der Waals surface area contributed by atoms with E-state index in [0.717, 1.165) is 0 Å². The fourth-order valence-corrected chi connectivity index (χ4v) is 3.65. The van der Waals surface area contributed by atoms with Gasteiger partial charge in [-0.1, -0.05) is 0 Å². The standard InChI is InChI=1S/C11H14N2O4S/c14-7-12-8-1-3-9(4-2-8)13-10-5-18(16,17)6-11(10)15/h1-4,7,10-11,13,15H,5-6H2,(H,12,14)/t10-,11-/m1/s1. The highest BCUT2D eigenvalue weighted by Gasteiger charge is 2.36. The molecular formula is C11H14N2O4S. The highest BCUT2D eigenvalue weighted by Crippen LogP contribution is 2.19. The monoisotopic (exact) mass is 270 g/mol. The maximum absolute atomic E-state index is 11.3. The SMILES string of the molecule is O=CNc1ccc(N[C@@H]2CS(=O)(=O)C[C@H]2O)cc1. The van der Waals surface area contributed by atoms with E-state index in [2.05, 4.69) is 10.6 Å². The molecule has 0 radical (unpaired) electrons. The Kier molecular flexibility index (Phi) is 3.53. The van der Waals surface area contributed by atoms with E-state index in [4.69, 9.17) is 0 Å².